The summed E-state index contributed by atoms with van der Waals surface area (Å²) in [4.78, 5) is 4.73. The van der Waals surface area contributed by atoms with E-state index in [-0.39, 0.29) is 0 Å². The van der Waals surface area contributed by atoms with Gasteiger partial charge in [-0.2, -0.15) is 0 Å². The maximum Gasteiger partial charge on any atom is 0.0795 e. The summed E-state index contributed by atoms with van der Waals surface area (Å²) in [5.41, 5.74) is 3.08. The summed E-state index contributed by atoms with van der Waals surface area (Å²) >= 11 is 5.31. The molecule has 0 aliphatic rings. The molecule has 0 aliphatic heterocycles. The van der Waals surface area contributed by atoms with Crippen LogP contribution in [0.15, 0.2) is 10.9 Å². The van der Waals surface area contributed by atoms with Crippen LogP contribution in [0.1, 0.15) is 43.1 Å². The third-order valence-electron chi connectivity index (χ3n) is 1.83. The lowest BCUT2D eigenvalue weighted by atomic mass is 10.1. The second kappa shape index (κ2) is 5.70. The van der Waals surface area contributed by atoms with Gasteiger partial charge in [0.1, 0.15) is 0 Å². The Kier molecular flexibility index (Phi) is 4.84. The predicted octanol–water partition coefficient (Wildman–Crippen LogP) is 4.16. The molecular weight excluding hydrogens is 234 g/mol. The minimum atomic E-state index is 0.468. The number of hydrogen-bond donors (Lipinski definition) is 0. The van der Waals surface area contributed by atoms with Crippen LogP contribution < -0.4 is 0 Å². The highest BCUT2D eigenvalue weighted by Crippen LogP contribution is 2.27. The molecule has 0 saturated carbocycles. The van der Waals surface area contributed by atoms with E-state index in [0.29, 0.717) is 4.83 Å². The average Bonchev–Trinajstić information content (AvgIpc) is 2.56. The Labute approximate surface area is 86.3 Å². The zero-order valence-electron chi connectivity index (χ0n) is 7.29. The quantitative estimate of drug-likeness (QED) is 0.563. The van der Waals surface area contributed by atoms with Crippen LogP contribution in [0.2, 0.25) is 0 Å². The van der Waals surface area contributed by atoms with Crippen LogP contribution in [0.5, 0.6) is 0 Å². The summed E-state index contributed by atoms with van der Waals surface area (Å²) in [5.74, 6) is 0. The molecule has 0 N–H and O–H groups in total. The molecule has 0 fully saturated rings. The van der Waals surface area contributed by atoms with Gasteiger partial charge >= 0.3 is 0 Å². The molecule has 1 aromatic heterocycles. The van der Waals surface area contributed by atoms with Gasteiger partial charge < -0.3 is 0 Å². The van der Waals surface area contributed by atoms with Crippen molar-refractivity contribution in [1.29, 1.82) is 0 Å². The van der Waals surface area contributed by atoms with Crippen LogP contribution in [0.4, 0.5) is 0 Å². The van der Waals surface area contributed by atoms with Gasteiger partial charge in [-0.25, -0.2) is 4.98 Å². The first-order valence-corrected chi connectivity index (χ1v) is 6.22. The highest BCUT2D eigenvalue weighted by molar-refractivity contribution is 9.09. The highest BCUT2D eigenvalue weighted by Gasteiger charge is 2.07. The normalized spacial score (nSPS) is 13.2. The fourth-order valence-corrected chi connectivity index (χ4v) is 2.46. The monoisotopic (exact) mass is 247 g/mol. The number of aromatic nitrogens is 1. The zero-order valence-corrected chi connectivity index (χ0v) is 9.70. The van der Waals surface area contributed by atoms with Gasteiger partial charge in [0.15, 0.2) is 0 Å². The van der Waals surface area contributed by atoms with Gasteiger partial charge in [0.25, 0.3) is 0 Å². The second-order valence-corrected chi connectivity index (χ2v) is 4.70. The van der Waals surface area contributed by atoms with Crippen molar-refractivity contribution in [2.24, 2.45) is 0 Å². The van der Waals surface area contributed by atoms with Crippen molar-refractivity contribution in [2.45, 2.75) is 37.4 Å². The number of thiazole rings is 1. The minimum Gasteiger partial charge on any atom is -0.249 e. The minimum absolute atomic E-state index is 0.468. The van der Waals surface area contributed by atoms with Crippen molar-refractivity contribution in [3.63, 3.8) is 0 Å². The first-order chi connectivity index (χ1) is 5.84. The summed E-state index contributed by atoms with van der Waals surface area (Å²) in [7, 11) is 0. The van der Waals surface area contributed by atoms with Crippen molar-refractivity contribution in [3.8, 4) is 0 Å². The Balaban J connectivity index is 2.25. The molecule has 0 bridgehead atoms. The molecule has 0 saturated heterocycles. The van der Waals surface area contributed by atoms with Gasteiger partial charge in [0.05, 0.1) is 16.0 Å². The van der Waals surface area contributed by atoms with Crippen LogP contribution in [0, 0.1) is 0 Å². The lowest BCUT2D eigenvalue weighted by Gasteiger charge is -2.04. The third-order valence-corrected chi connectivity index (χ3v) is 3.37. The molecule has 0 aromatic carbocycles. The van der Waals surface area contributed by atoms with Crippen molar-refractivity contribution in [1.82, 2.24) is 4.98 Å². The maximum atomic E-state index is 4.27. The molecule has 12 heavy (non-hydrogen) atoms. The molecule has 1 aromatic rings. The molecule has 0 aliphatic carbocycles. The standard InChI is InChI=1S/C9H14BrNS/c1-2-3-4-5-8(10)9-6-12-7-11-9/h6-8H,2-5H2,1H3. The van der Waals surface area contributed by atoms with Crippen molar-refractivity contribution >= 4 is 27.3 Å². The molecule has 1 rings (SSSR count). The van der Waals surface area contributed by atoms with E-state index in [9.17, 15) is 0 Å². The van der Waals surface area contributed by atoms with Crippen LogP contribution in [-0.4, -0.2) is 4.98 Å². The SMILES string of the molecule is CCCCCC(Br)c1cscn1. The Morgan fingerprint density at radius 2 is 2.42 bits per heavy atom. The van der Waals surface area contributed by atoms with E-state index >= 15 is 0 Å². The number of halogens is 1. The van der Waals surface area contributed by atoms with E-state index in [0.717, 1.165) is 0 Å². The molecule has 0 radical (unpaired) electrons. The van der Waals surface area contributed by atoms with Crippen LogP contribution in [-0.2, 0) is 0 Å². The number of hydrogen-bond acceptors (Lipinski definition) is 2. The number of rotatable bonds is 5. The molecule has 0 spiro atoms. The second-order valence-electron chi connectivity index (χ2n) is 2.88. The van der Waals surface area contributed by atoms with Gasteiger partial charge in [-0.3, -0.25) is 0 Å². The fourth-order valence-electron chi connectivity index (χ4n) is 1.10. The average molecular weight is 248 g/mol. The summed E-state index contributed by atoms with van der Waals surface area (Å²) in [6.07, 6.45) is 5.12. The largest absolute Gasteiger partial charge is 0.249 e. The van der Waals surface area contributed by atoms with E-state index < -0.39 is 0 Å². The molecular formula is C9H14BrNS. The topological polar surface area (TPSA) is 12.9 Å². The van der Waals surface area contributed by atoms with Crippen molar-refractivity contribution in [3.05, 3.63) is 16.6 Å². The smallest absolute Gasteiger partial charge is 0.0795 e. The van der Waals surface area contributed by atoms with Gasteiger partial charge in [0.2, 0.25) is 0 Å². The Morgan fingerprint density at radius 3 is 3.00 bits per heavy atom. The van der Waals surface area contributed by atoms with Crippen LogP contribution in [0.3, 0.4) is 0 Å². The molecule has 1 nitrogen and oxygen atoms in total. The van der Waals surface area contributed by atoms with Crippen molar-refractivity contribution in [2.75, 3.05) is 0 Å². The Morgan fingerprint density at radius 1 is 1.58 bits per heavy atom. The molecule has 1 heterocycles. The maximum absolute atomic E-state index is 4.27. The van der Waals surface area contributed by atoms with E-state index in [1.54, 1.807) is 11.3 Å². The molecule has 3 heteroatoms. The fraction of sp³-hybridized carbons (Fsp3) is 0.667. The molecule has 1 atom stereocenters. The van der Waals surface area contributed by atoms with E-state index in [1.165, 1.54) is 31.4 Å². The predicted molar refractivity (Wildman–Crippen MR) is 57.9 cm³/mol. The summed E-state index contributed by atoms with van der Waals surface area (Å²) in [5, 5.41) is 2.12. The third kappa shape index (κ3) is 3.23. The first kappa shape index (κ1) is 10.2. The summed E-state index contributed by atoms with van der Waals surface area (Å²) in [6, 6.07) is 0. The lowest BCUT2D eigenvalue weighted by Crippen LogP contribution is -1.89. The first-order valence-electron chi connectivity index (χ1n) is 4.36. The molecule has 0 amide bonds. The Hall–Kier alpha value is 0.110. The summed E-state index contributed by atoms with van der Waals surface area (Å²) < 4.78 is 0. The number of alkyl halides is 1. The zero-order chi connectivity index (χ0) is 8.81. The van der Waals surface area contributed by atoms with E-state index in [4.69, 9.17) is 0 Å². The van der Waals surface area contributed by atoms with Gasteiger partial charge in [-0.15, -0.1) is 11.3 Å². The Bertz CT molecular complexity index is 198. The number of nitrogens with zero attached hydrogens (tertiary/aromatic N) is 1. The van der Waals surface area contributed by atoms with Gasteiger partial charge in [-0.05, 0) is 6.42 Å². The molecule has 68 valence electrons. The highest BCUT2D eigenvalue weighted by atomic mass is 79.9. The van der Waals surface area contributed by atoms with Gasteiger partial charge in [0, 0.05) is 5.38 Å². The number of unbranched alkanes of at least 4 members (excludes halogenated alkanes) is 2. The van der Waals surface area contributed by atoms with E-state index in [1.807, 2.05) is 5.51 Å². The summed E-state index contributed by atoms with van der Waals surface area (Å²) in [6.45, 7) is 2.23. The van der Waals surface area contributed by atoms with E-state index in [2.05, 4.69) is 33.2 Å². The molecule has 1 unspecified atom stereocenters. The lowest BCUT2D eigenvalue weighted by molar-refractivity contribution is 0.659. The van der Waals surface area contributed by atoms with Crippen molar-refractivity contribution < 1.29 is 0 Å². The van der Waals surface area contributed by atoms with Crippen LogP contribution >= 0.6 is 27.3 Å². The van der Waals surface area contributed by atoms with Crippen LogP contribution in [0.25, 0.3) is 0 Å². The van der Waals surface area contributed by atoms with Gasteiger partial charge in [-0.1, -0.05) is 42.1 Å².